The number of hydrogen-bond donors (Lipinski definition) is 3. The average Bonchev–Trinajstić information content (AvgIpc) is 3.14. The van der Waals surface area contributed by atoms with E-state index in [0.717, 1.165) is 17.6 Å². The largest absolute Gasteiger partial charge is 0.396 e. The third-order valence-electron chi connectivity index (χ3n) is 5.19. The molecular weight excluding hydrogens is 360 g/mol. The molecule has 0 aliphatic heterocycles. The first-order valence-corrected chi connectivity index (χ1v) is 9.39. The maximum absolute atomic E-state index is 11.0. The van der Waals surface area contributed by atoms with Gasteiger partial charge in [-0.05, 0) is 36.3 Å². The summed E-state index contributed by atoms with van der Waals surface area (Å²) in [4.78, 5) is 20.8. The molecule has 3 rings (SSSR count). The molecule has 1 fully saturated rings. The molecule has 2 heterocycles. The number of nitrogens with one attached hydrogen (secondary N) is 1. The third kappa shape index (κ3) is 3.49. The highest BCUT2D eigenvalue weighted by Gasteiger charge is 2.38. The molecule has 1 saturated carbocycles. The van der Waals surface area contributed by atoms with Gasteiger partial charge in [0.1, 0.15) is 11.0 Å². The summed E-state index contributed by atoms with van der Waals surface area (Å²) in [6.45, 7) is 4.50. The zero-order valence-corrected chi connectivity index (χ0v) is 15.6. The fourth-order valence-electron chi connectivity index (χ4n) is 3.48. The summed E-state index contributed by atoms with van der Waals surface area (Å²) in [5.74, 6) is 1.70. The number of aldehydes is 1. The van der Waals surface area contributed by atoms with Crippen molar-refractivity contribution >= 4 is 41.0 Å². The summed E-state index contributed by atoms with van der Waals surface area (Å²) < 4.78 is 0. The lowest BCUT2D eigenvalue weighted by molar-refractivity contribution is 0.112. The number of anilines is 2. The molecule has 1 aliphatic carbocycles. The Labute approximate surface area is 155 Å². The van der Waals surface area contributed by atoms with Crippen molar-refractivity contribution in [3.05, 3.63) is 22.2 Å². The van der Waals surface area contributed by atoms with Crippen molar-refractivity contribution in [3.8, 4) is 10.4 Å². The van der Waals surface area contributed by atoms with Gasteiger partial charge < -0.3 is 16.2 Å². The SMILES string of the molecule is CC1C(CO)CC(Nc2nc(N)nc(Cl)c2-c2ccc(C=O)s2)C1C. The van der Waals surface area contributed by atoms with Gasteiger partial charge in [-0.1, -0.05) is 25.4 Å². The van der Waals surface area contributed by atoms with Gasteiger partial charge in [-0.25, -0.2) is 4.98 Å². The molecule has 4 atom stereocenters. The van der Waals surface area contributed by atoms with Crippen LogP contribution in [0.5, 0.6) is 0 Å². The first kappa shape index (κ1) is 18.1. The number of rotatable bonds is 5. The van der Waals surface area contributed by atoms with E-state index in [9.17, 15) is 9.90 Å². The van der Waals surface area contributed by atoms with Crippen LogP contribution in [-0.2, 0) is 0 Å². The molecule has 0 saturated heterocycles. The number of halogens is 1. The lowest BCUT2D eigenvalue weighted by Crippen LogP contribution is -2.25. The number of carbonyl (C=O) groups excluding carboxylic acids is 1. The molecule has 4 unspecified atom stereocenters. The molecule has 0 radical (unpaired) electrons. The Kier molecular flexibility index (Phi) is 5.27. The minimum atomic E-state index is 0.0980. The van der Waals surface area contributed by atoms with E-state index in [1.807, 2.05) is 6.07 Å². The number of nitrogen functional groups attached to an aromatic ring is 1. The number of hydrogen-bond acceptors (Lipinski definition) is 7. The second-order valence-corrected chi connectivity index (χ2v) is 8.04. The van der Waals surface area contributed by atoms with Gasteiger partial charge in [-0.15, -0.1) is 11.3 Å². The third-order valence-corrected chi connectivity index (χ3v) is 6.49. The molecular formula is C17H21ClN4O2S. The number of thiophene rings is 1. The molecule has 6 nitrogen and oxygen atoms in total. The minimum absolute atomic E-state index is 0.0980. The van der Waals surface area contributed by atoms with E-state index in [2.05, 4.69) is 29.1 Å². The number of nitrogens with two attached hydrogens (primary N) is 1. The zero-order valence-electron chi connectivity index (χ0n) is 14.1. The second kappa shape index (κ2) is 7.27. The molecule has 0 aromatic carbocycles. The molecule has 2 aromatic heterocycles. The summed E-state index contributed by atoms with van der Waals surface area (Å²) in [5, 5.41) is 13.3. The van der Waals surface area contributed by atoms with Gasteiger partial charge >= 0.3 is 0 Å². The first-order valence-electron chi connectivity index (χ1n) is 8.20. The molecule has 2 aromatic rings. The van der Waals surface area contributed by atoms with Gasteiger partial charge in [0.15, 0.2) is 6.29 Å². The highest BCUT2D eigenvalue weighted by molar-refractivity contribution is 7.17. The number of aliphatic hydroxyl groups excluding tert-OH is 1. The van der Waals surface area contributed by atoms with Gasteiger partial charge in [0, 0.05) is 17.5 Å². The van der Waals surface area contributed by atoms with E-state index in [1.54, 1.807) is 6.07 Å². The standard InChI is InChI=1S/C17H21ClN4O2S/c1-8-9(2)12(5-10(8)6-23)20-16-14(15(18)21-17(19)22-16)13-4-3-11(7-24)25-13/h3-4,7-10,12,23H,5-6H2,1-2H3,(H3,19,20,21,22). The van der Waals surface area contributed by atoms with Crippen LogP contribution < -0.4 is 11.1 Å². The zero-order chi connectivity index (χ0) is 18.1. The molecule has 8 heteroatoms. The first-order chi connectivity index (χ1) is 11.9. The molecule has 0 amide bonds. The van der Waals surface area contributed by atoms with E-state index < -0.39 is 0 Å². The number of nitrogens with zero attached hydrogens (tertiary/aromatic N) is 2. The monoisotopic (exact) mass is 380 g/mol. The summed E-state index contributed by atoms with van der Waals surface area (Å²) in [6.07, 6.45) is 1.66. The smallest absolute Gasteiger partial charge is 0.223 e. The van der Waals surface area contributed by atoms with Crippen LogP contribution in [0.4, 0.5) is 11.8 Å². The molecule has 0 spiro atoms. The number of aliphatic hydroxyl groups is 1. The highest BCUT2D eigenvalue weighted by Crippen LogP contribution is 2.41. The van der Waals surface area contributed by atoms with Crippen LogP contribution in [0, 0.1) is 17.8 Å². The number of aromatic nitrogens is 2. The lowest BCUT2D eigenvalue weighted by atomic mass is 9.92. The Hall–Kier alpha value is -1.70. The van der Waals surface area contributed by atoms with Crippen molar-refractivity contribution in [3.63, 3.8) is 0 Å². The molecule has 25 heavy (non-hydrogen) atoms. The Morgan fingerprint density at radius 3 is 2.76 bits per heavy atom. The molecule has 134 valence electrons. The van der Waals surface area contributed by atoms with Gasteiger partial charge in [-0.2, -0.15) is 4.98 Å². The van der Waals surface area contributed by atoms with Gasteiger partial charge in [-0.3, -0.25) is 4.79 Å². The van der Waals surface area contributed by atoms with Gasteiger partial charge in [0.25, 0.3) is 0 Å². The molecule has 1 aliphatic rings. The maximum Gasteiger partial charge on any atom is 0.223 e. The fourth-order valence-corrected chi connectivity index (χ4v) is 4.68. The van der Waals surface area contributed by atoms with Crippen LogP contribution in [0.25, 0.3) is 10.4 Å². The Balaban J connectivity index is 1.97. The van der Waals surface area contributed by atoms with E-state index in [0.29, 0.717) is 28.1 Å². The fraction of sp³-hybridized carbons (Fsp3) is 0.471. The Morgan fingerprint density at radius 1 is 1.40 bits per heavy atom. The summed E-state index contributed by atoms with van der Waals surface area (Å²) >= 11 is 7.67. The molecule has 4 N–H and O–H groups in total. The van der Waals surface area contributed by atoms with E-state index >= 15 is 0 Å². The maximum atomic E-state index is 11.0. The Bertz CT molecular complexity index is 782. The predicted molar refractivity (Wildman–Crippen MR) is 101 cm³/mol. The van der Waals surface area contributed by atoms with Crippen LogP contribution >= 0.6 is 22.9 Å². The quantitative estimate of drug-likeness (QED) is 0.543. The van der Waals surface area contributed by atoms with Crippen molar-refractivity contribution in [1.82, 2.24) is 9.97 Å². The van der Waals surface area contributed by atoms with Gasteiger partial charge in [0.05, 0.1) is 10.4 Å². The van der Waals surface area contributed by atoms with Crippen molar-refractivity contribution < 1.29 is 9.90 Å². The van der Waals surface area contributed by atoms with Crippen LogP contribution in [0.2, 0.25) is 5.15 Å². The van der Waals surface area contributed by atoms with E-state index in [1.165, 1.54) is 11.3 Å². The Morgan fingerprint density at radius 2 is 2.16 bits per heavy atom. The average molecular weight is 381 g/mol. The number of carbonyl (C=O) groups is 1. The summed E-state index contributed by atoms with van der Waals surface area (Å²) in [7, 11) is 0. The highest BCUT2D eigenvalue weighted by atomic mass is 35.5. The van der Waals surface area contributed by atoms with Crippen LogP contribution in [-0.4, -0.2) is 34.0 Å². The predicted octanol–water partition coefficient (Wildman–Crippen LogP) is 3.32. The minimum Gasteiger partial charge on any atom is -0.396 e. The summed E-state index contributed by atoms with van der Waals surface area (Å²) in [5.41, 5.74) is 6.44. The van der Waals surface area contributed by atoms with Crippen LogP contribution in [0.1, 0.15) is 29.9 Å². The lowest BCUT2D eigenvalue weighted by Gasteiger charge is -2.22. The van der Waals surface area contributed by atoms with Crippen LogP contribution in [0.3, 0.4) is 0 Å². The van der Waals surface area contributed by atoms with Gasteiger partial charge in [0.2, 0.25) is 5.95 Å². The van der Waals surface area contributed by atoms with Crippen LogP contribution in [0.15, 0.2) is 12.1 Å². The van der Waals surface area contributed by atoms with Crippen molar-refractivity contribution in [1.29, 1.82) is 0 Å². The second-order valence-electron chi connectivity index (χ2n) is 6.56. The van der Waals surface area contributed by atoms with Crippen molar-refractivity contribution in [2.24, 2.45) is 17.8 Å². The summed E-state index contributed by atoms with van der Waals surface area (Å²) in [6, 6.07) is 3.73. The van der Waals surface area contributed by atoms with Crippen molar-refractivity contribution in [2.75, 3.05) is 17.7 Å². The van der Waals surface area contributed by atoms with Crippen molar-refractivity contribution in [2.45, 2.75) is 26.3 Å². The van der Waals surface area contributed by atoms with E-state index in [-0.39, 0.29) is 29.7 Å². The molecule has 0 bridgehead atoms. The topological polar surface area (TPSA) is 101 Å². The van der Waals surface area contributed by atoms with E-state index in [4.69, 9.17) is 17.3 Å². The normalized spacial score (nSPS) is 25.9.